The third-order valence-electron chi connectivity index (χ3n) is 2.03. The van der Waals surface area contributed by atoms with Gasteiger partial charge in [-0.3, -0.25) is 9.59 Å². The minimum Gasteiger partial charge on any atom is -0.366 e. The number of hydrogen-bond acceptors (Lipinski definition) is 2. The summed E-state index contributed by atoms with van der Waals surface area (Å²) in [6.07, 6.45) is 4.92. The van der Waals surface area contributed by atoms with Gasteiger partial charge in [0.05, 0.1) is 0 Å². The summed E-state index contributed by atoms with van der Waals surface area (Å²) in [6.45, 7) is 0. The third-order valence-corrected chi connectivity index (χ3v) is 2.03. The van der Waals surface area contributed by atoms with Gasteiger partial charge >= 0.3 is 0 Å². The van der Waals surface area contributed by atoms with E-state index in [0.29, 0.717) is 5.69 Å². The Labute approximate surface area is 75.0 Å². The van der Waals surface area contributed by atoms with Gasteiger partial charge in [0, 0.05) is 24.4 Å². The number of aromatic nitrogens is 1. The van der Waals surface area contributed by atoms with E-state index < -0.39 is 0 Å². The van der Waals surface area contributed by atoms with Crippen LogP contribution in [0.2, 0.25) is 0 Å². The van der Waals surface area contributed by atoms with Gasteiger partial charge in [-0.2, -0.15) is 0 Å². The molecule has 1 aliphatic rings. The Bertz CT molecular complexity index is 379. The van der Waals surface area contributed by atoms with Crippen LogP contribution in [0.15, 0.2) is 23.3 Å². The Morgan fingerprint density at radius 2 is 2.31 bits per heavy atom. The number of pyridine rings is 1. The zero-order valence-corrected chi connectivity index (χ0v) is 7.04. The van der Waals surface area contributed by atoms with Gasteiger partial charge in [0.1, 0.15) is 5.69 Å². The summed E-state index contributed by atoms with van der Waals surface area (Å²) in [7, 11) is 0. The van der Waals surface area contributed by atoms with Gasteiger partial charge < -0.3 is 10.3 Å². The fourth-order valence-electron chi connectivity index (χ4n) is 1.09. The second-order valence-electron chi connectivity index (χ2n) is 3.19. The average molecular weight is 178 g/mol. The lowest BCUT2D eigenvalue weighted by Gasteiger charge is -2.01. The molecule has 1 fully saturated rings. The predicted octanol–water partition coefficient (Wildman–Crippen LogP) is 0.723. The Morgan fingerprint density at radius 3 is 2.92 bits per heavy atom. The number of aromatic amines is 1. The number of carbonyl (C=O) groups excluding carboxylic acids is 1. The highest BCUT2D eigenvalue weighted by Gasteiger charge is 2.29. The fraction of sp³-hybridized carbons (Fsp3) is 0.333. The van der Waals surface area contributed by atoms with Crippen LogP contribution in [0.4, 0.5) is 5.69 Å². The lowest BCUT2D eigenvalue weighted by Crippen LogP contribution is -2.18. The van der Waals surface area contributed by atoms with E-state index in [0.717, 1.165) is 12.8 Å². The van der Waals surface area contributed by atoms with Crippen molar-refractivity contribution < 1.29 is 4.79 Å². The van der Waals surface area contributed by atoms with Crippen LogP contribution in [0, 0.1) is 5.92 Å². The van der Waals surface area contributed by atoms with Crippen molar-refractivity contribution in [1.29, 1.82) is 0 Å². The molecule has 0 aromatic carbocycles. The Balaban J connectivity index is 2.13. The molecule has 0 atom stereocenters. The highest BCUT2D eigenvalue weighted by molar-refractivity contribution is 5.93. The monoisotopic (exact) mass is 178 g/mol. The largest absolute Gasteiger partial charge is 0.366 e. The van der Waals surface area contributed by atoms with Crippen molar-refractivity contribution in [3.63, 3.8) is 0 Å². The van der Waals surface area contributed by atoms with Crippen LogP contribution in [0.1, 0.15) is 12.8 Å². The van der Waals surface area contributed by atoms with Crippen molar-refractivity contribution in [2.45, 2.75) is 12.8 Å². The SMILES string of the molecule is O=C(Nc1c[nH]ccc1=O)C1CC1. The molecule has 4 heteroatoms. The number of anilines is 1. The van der Waals surface area contributed by atoms with E-state index >= 15 is 0 Å². The molecule has 1 saturated carbocycles. The molecule has 1 aromatic rings. The van der Waals surface area contributed by atoms with Crippen molar-refractivity contribution in [3.05, 3.63) is 28.7 Å². The van der Waals surface area contributed by atoms with E-state index in [1.54, 1.807) is 0 Å². The molecule has 0 saturated heterocycles. The van der Waals surface area contributed by atoms with Crippen molar-refractivity contribution in [2.75, 3.05) is 5.32 Å². The quantitative estimate of drug-likeness (QED) is 0.701. The number of carbonyl (C=O) groups is 1. The molecule has 1 aromatic heterocycles. The van der Waals surface area contributed by atoms with Gasteiger partial charge in [-0.25, -0.2) is 0 Å². The van der Waals surface area contributed by atoms with Crippen LogP contribution >= 0.6 is 0 Å². The van der Waals surface area contributed by atoms with Gasteiger partial charge in [0.25, 0.3) is 0 Å². The van der Waals surface area contributed by atoms with Crippen molar-refractivity contribution in [2.24, 2.45) is 5.92 Å². The number of H-pyrrole nitrogens is 1. The Kier molecular flexibility index (Phi) is 1.88. The second kappa shape index (κ2) is 3.05. The molecule has 1 aliphatic carbocycles. The molecule has 1 amide bonds. The summed E-state index contributed by atoms with van der Waals surface area (Å²) in [5.41, 5.74) is 0.173. The second-order valence-corrected chi connectivity index (χ2v) is 3.19. The molecule has 0 spiro atoms. The molecule has 2 rings (SSSR count). The number of amides is 1. The van der Waals surface area contributed by atoms with Gasteiger partial charge in [-0.05, 0) is 12.8 Å². The summed E-state index contributed by atoms with van der Waals surface area (Å²) < 4.78 is 0. The molecule has 0 bridgehead atoms. The molecule has 0 aliphatic heterocycles. The smallest absolute Gasteiger partial charge is 0.227 e. The van der Waals surface area contributed by atoms with E-state index in [1.807, 2.05) is 0 Å². The van der Waals surface area contributed by atoms with E-state index in [-0.39, 0.29) is 17.3 Å². The Morgan fingerprint density at radius 1 is 1.54 bits per heavy atom. The molecule has 1 heterocycles. The molecular formula is C9H10N2O2. The molecule has 0 radical (unpaired) electrons. The molecule has 13 heavy (non-hydrogen) atoms. The third kappa shape index (κ3) is 1.77. The first-order valence-corrected chi connectivity index (χ1v) is 4.25. The lowest BCUT2D eigenvalue weighted by atomic mass is 10.3. The summed E-state index contributed by atoms with van der Waals surface area (Å²) in [4.78, 5) is 25.2. The maximum atomic E-state index is 11.3. The Hall–Kier alpha value is -1.58. The van der Waals surface area contributed by atoms with Crippen LogP contribution in [-0.2, 0) is 4.79 Å². The maximum absolute atomic E-state index is 11.3. The molecule has 0 unspecified atom stereocenters. The number of rotatable bonds is 2. The van der Waals surface area contributed by atoms with Gasteiger partial charge in [0.15, 0.2) is 0 Å². The van der Waals surface area contributed by atoms with Crippen LogP contribution in [-0.4, -0.2) is 10.9 Å². The zero-order valence-electron chi connectivity index (χ0n) is 7.04. The first kappa shape index (κ1) is 8.04. The van der Waals surface area contributed by atoms with Gasteiger partial charge in [-0.1, -0.05) is 0 Å². The molecule has 4 nitrogen and oxygen atoms in total. The van der Waals surface area contributed by atoms with Crippen LogP contribution in [0.3, 0.4) is 0 Å². The van der Waals surface area contributed by atoms with Gasteiger partial charge in [-0.15, -0.1) is 0 Å². The van der Waals surface area contributed by atoms with E-state index in [2.05, 4.69) is 10.3 Å². The van der Waals surface area contributed by atoms with Crippen molar-refractivity contribution in [3.8, 4) is 0 Å². The van der Waals surface area contributed by atoms with E-state index in [9.17, 15) is 9.59 Å². The number of nitrogens with one attached hydrogen (secondary N) is 2. The zero-order chi connectivity index (χ0) is 9.26. The predicted molar refractivity (Wildman–Crippen MR) is 48.4 cm³/mol. The standard InChI is InChI=1S/C9H10N2O2/c12-8-3-4-10-5-7(8)11-9(13)6-1-2-6/h3-6H,1-2H2,(H,10,12)(H,11,13). The summed E-state index contributed by atoms with van der Waals surface area (Å²) in [5.74, 6) is 0.0799. The molecule has 68 valence electrons. The fourth-order valence-corrected chi connectivity index (χ4v) is 1.09. The highest BCUT2D eigenvalue weighted by atomic mass is 16.2. The van der Waals surface area contributed by atoms with Crippen molar-refractivity contribution in [1.82, 2.24) is 4.98 Å². The normalized spacial score (nSPS) is 15.4. The van der Waals surface area contributed by atoms with Crippen LogP contribution in [0.5, 0.6) is 0 Å². The topological polar surface area (TPSA) is 62.0 Å². The van der Waals surface area contributed by atoms with Crippen LogP contribution in [0.25, 0.3) is 0 Å². The summed E-state index contributed by atoms with van der Waals surface area (Å²) in [6, 6.07) is 1.39. The first-order chi connectivity index (χ1) is 6.27. The average Bonchev–Trinajstić information content (AvgIpc) is 2.91. The maximum Gasteiger partial charge on any atom is 0.227 e. The van der Waals surface area contributed by atoms with Gasteiger partial charge in [0.2, 0.25) is 11.3 Å². The number of hydrogen-bond donors (Lipinski definition) is 2. The highest BCUT2D eigenvalue weighted by Crippen LogP contribution is 2.29. The van der Waals surface area contributed by atoms with E-state index in [1.165, 1.54) is 18.5 Å². The first-order valence-electron chi connectivity index (χ1n) is 4.25. The van der Waals surface area contributed by atoms with E-state index in [4.69, 9.17) is 0 Å². The minimum atomic E-state index is -0.159. The lowest BCUT2D eigenvalue weighted by molar-refractivity contribution is -0.117. The summed E-state index contributed by atoms with van der Waals surface area (Å²) in [5, 5.41) is 2.59. The minimum absolute atomic E-state index is 0.0447. The molecule has 2 N–H and O–H groups in total. The molecular weight excluding hydrogens is 168 g/mol. The van der Waals surface area contributed by atoms with Crippen LogP contribution < -0.4 is 10.7 Å². The summed E-state index contributed by atoms with van der Waals surface area (Å²) >= 11 is 0. The van der Waals surface area contributed by atoms with Crippen molar-refractivity contribution >= 4 is 11.6 Å².